The Morgan fingerprint density at radius 2 is 1.39 bits per heavy atom. The smallest absolute Gasteiger partial charge is 0.0208 e. The molecule has 0 fully saturated rings. The summed E-state index contributed by atoms with van der Waals surface area (Å²) in [7, 11) is 0. The van der Waals surface area contributed by atoms with Crippen molar-refractivity contribution in [1.29, 1.82) is 0 Å². The van der Waals surface area contributed by atoms with Crippen molar-refractivity contribution in [3.8, 4) is 0 Å². The minimum Gasteiger partial charge on any atom is -0.309 e. The molecule has 94 valence electrons. The van der Waals surface area contributed by atoms with Crippen LogP contribution < -0.4 is 5.32 Å². The van der Waals surface area contributed by atoms with E-state index in [1.165, 1.54) is 29.5 Å². The molecule has 0 spiro atoms. The highest BCUT2D eigenvalue weighted by atomic mass is 35.5. The van der Waals surface area contributed by atoms with Gasteiger partial charge in [-0.15, -0.1) is 12.4 Å². The van der Waals surface area contributed by atoms with E-state index in [9.17, 15) is 0 Å². The normalized spacial score (nSPS) is 14.0. The highest BCUT2D eigenvalue weighted by molar-refractivity contribution is 5.85. The minimum absolute atomic E-state index is 0. The van der Waals surface area contributed by atoms with Crippen molar-refractivity contribution < 1.29 is 0 Å². The van der Waals surface area contributed by atoms with Crippen molar-refractivity contribution in [2.45, 2.75) is 25.4 Å². The average Bonchev–Trinajstić information content (AvgIpc) is 2.80. The Hall–Kier alpha value is -1.31. The first-order valence-electron chi connectivity index (χ1n) is 6.26. The lowest BCUT2D eigenvalue weighted by atomic mass is 10.1. The highest BCUT2D eigenvalue weighted by Crippen LogP contribution is 2.21. The fourth-order valence-corrected chi connectivity index (χ4v) is 2.56. The molecule has 0 saturated heterocycles. The molecule has 3 rings (SSSR count). The molecule has 1 aliphatic rings. The molecule has 0 amide bonds. The standard InChI is InChI=1S/C16H17N.ClH/c1-2-6-13(7-3-1)12-17-16-10-14-8-4-5-9-15(14)11-16;/h1-9,16-17H,10-12H2;1H. The topological polar surface area (TPSA) is 12.0 Å². The van der Waals surface area contributed by atoms with Gasteiger partial charge in [0, 0.05) is 12.6 Å². The fraction of sp³-hybridized carbons (Fsp3) is 0.250. The van der Waals surface area contributed by atoms with E-state index < -0.39 is 0 Å². The van der Waals surface area contributed by atoms with Crippen LogP contribution in [-0.4, -0.2) is 6.04 Å². The van der Waals surface area contributed by atoms with E-state index in [0.29, 0.717) is 6.04 Å². The number of hydrogen-bond donors (Lipinski definition) is 1. The molecule has 1 nitrogen and oxygen atoms in total. The van der Waals surface area contributed by atoms with Crippen LogP contribution in [0.3, 0.4) is 0 Å². The molecule has 0 aliphatic heterocycles. The maximum atomic E-state index is 3.64. The van der Waals surface area contributed by atoms with Gasteiger partial charge in [0.25, 0.3) is 0 Å². The van der Waals surface area contributed by atoms with Gasteiger partial charge in [0.2, 0.25) is 0 Å². The van der Waals surface area contributed by atoms with E-state index in [2.05, 4.69) is 59.9 Å². The molecule has 1 N–H and O–H groups in total. The average molecular weight is 260 g/mol. The van der Waals surface area contributed by atoms with Gasteiger partial charge in [-0.2, -0.15) is 0 Å². The zero-order chi connectivity index (χ0) is 11.5. The summed E-state index contributed by atoms with van der Waals surface area (Å²) in [4.78, 5) is 0. The van der Waals surface area contributed by atoms with Crippen LogP contribution in [0.4, 0.5) is 0 Å². The summed E-state index contributed by atoms with van der Waals surface area (Å²) in [6.45, 7) is 0.972. The number of benzene rings is 2. The van der Waals surface area contributed by atoms with Crippen LogP contribution in [0.1, 0.15) is 16.7 Å². The number of rotatable bonds is 3. The first-order valence-corrected chi connectivity index (χ1v) is 6.26. The van der Waals surface area contributed by atoms with E-state index in [4.69, 9.17) is 0 Å². The first-order chi connectivity index (χ1) is 8.42. The van der Waals surface area contributed by atoms with E-state index in [-0.39, 0.29) is 12.4 Å². The zero-order valence-corrected chi connectivity index (χ0v) is 11.1. The second-order valence-corrected chi connectivity index (χ2v) is 4.74. The van der Waals surface area contributed by atoms with E-state index in [0.717, 1.165) is 6.54 Å². The SMILES string of the molecule is Cl.c1ccc(CNC2Cc3ccccc3C2)cc1. The molecule has 0 bridgehead atoms. The molecule has 0 radical (unpaired) electrons. The number of hydrogen-bond acceptors (Lipinski definition) is 1. The second kappa shape index (κ2) is 6.03. The van der Waals surface area contributed by atoms with E-state index in [1.54, 1.807) is 0 Å². The van der Waals surface area contributed by atoms with Crippen molar-refractivity contribution in [2.24, 2.45) is 0 Å². The second-order valence-electron chi connectivity index (χ2n) is 4.74. The van der Waals surface area contributed by atoms with Crippen LogP contribution >= 0.6 is 12.4 Å². The third-order valence-electron chi connectivity index (χ3n) is 3.49. The Balaban J connectivity index is 0.00000120. The van der Waals surface area contributed by atoms with Gasteiger partial charge < -0.3 is 5.32 Å². The third kappa shape index (κ3) is 2.92. The maximum Gasteiger partial charge on any atom is 0.0208 e. The molecule has 0 heterocycles. The Morgan fingerprint density at radius 3 is 2.00 bits per heavy atom. The molecule has 2 aromatic carbocycles. The first kappa shape index (κ1) is 13.1. The largest absolute Gasteiger partial charge is 0.309 e. The van der Waals surface area contributed by atoms with Crippen LogP contribution in [0.2, 0.25) is 0 Å². The van der Waals surface area contributed by atoms with Gasteiger partial charge >= 0.3 is 0 Å². The summed E-state index contributed by atoms with van der Waals surface area (Å²) in [5, 5.41) is 3.64. The van der Waals surface area contributed by atoms with Gasteiger partial charge in [-0.25, -0.2) is 0 Å². The lowest BCUT2D eigenvalue weighted by Crippen LogP contribution is -2.28. The molecule has 0 atom stereocenters. The van der Waals surface area contributed by atoms with Crippen molar-refractivity contribution in [2.75, 3.05) is 0 Å². The molecule has 2 aromatic rings. The summed E-state index contributed by atoms with van der Waals surface area (Å²) in [6, 6.07) is 20.0. The summed E-state index contributed by atoms with van der Waals surface area (Å²) >= 11 is 0. The Morgan fingerprint density at radius 1 is 0.833 bits per heavy atom. The molecular formula is C16H18ClN. The van der Waals surface area contributed by atoms with Crippen LogP contribution in [0.25, 0.3) is 0 Å². The quantitative estimate of drug-likeness (QED) is 0.891. The lowest BCUT2D eigenvalue weighted by Gasteiger charge is -2.11. The van der Waals surface area contributed by atoms with Crippen molar-refractivity contribution >= 4 is 12.4 Å². The zero-order valence-electron chi connectivity index (χ0n) is 10.3. The number of fused-ring (bicyclic) bond motifs is 1. The molecule has 2 heteroatoms. The minimum atomic E-state index is 0. The highest BCUT2D eigenvalue weighted by Gasteiger charge is 2.19. The Kier molecular flexibility index (Phi) is 4.40. The van der Waals surface area contributed by atoms with Crippen molar-refractivity contribution in [1.82, 2.24) is 5.32 Å². The number of nitrogens with one attached hydrogen (secondary N) is 1. The van der Waals surface area contributed by atoms with Gasteiger partial charge in [-0.3, -0.25) is 0 Å². The van der Waals surface area contributed by atoms with Crippen LogP contribution in [0, 0.1) is 0 Å². The predicted molar refractivity (Wildman–Crippen MR) is 78.2 cm³/mol. The van der Waals surface area contributed by atoms with Crippen LogP contribution in [-0.2, 0) is 19.4 Å². The van der Waals surface area contributed by atoms with Gasteiger partial charge in [0.1, 0.15) is 0 Å². The molecule has 0 aromatic heterocycles. The van der Waals surface area contributed by atoms with Crippen molar-refractivity contribution in [3.05, 3.63) is 71.3 Å². The van der Waals surface area contributed by atoms with E-state index >= 15 is 0 Å². The van der Waals surface area contributed by atoms with Crippen LogP contribution in [0.5, 0.6) is 0 Å². The van der Waals surface area contributed by atoms with Crippen LogP contribution in [0.15, 0.2) is 54.6 Å². The summed E-state index contributed by atoms with van der Waals surface area (Å²) in [6.07, 6.45) is 2.34. The molecule has 18 heavy (non-hydrogen) atoms. The summed E-state index contributed by atoms with van der Waals surface area (Å²) in [5.41, 5.74) is 4.39. The Bertz CT molecular complexity index is 470. The number of halogens is 1. The fourth-order valence-electron chi connectivity index (χ4n) is 2.56. The molecule has 0 unspecified atom stereocenters. The maximum absolute atomic E-state index is 3.64. The Labute approximate surface area is 115 Å². The van der Waals surface area contributed by atoms with Gasteiger partial charge in [-0.05, 0) is 29.5 Å². The summed E-state index contributed by atoms with van der Waals surface area (Å²) < 4.78 is 0. The van der Waals surface area contributed by atoms with Gasteiger partial charge in [0.05, 0.1) is 0 Å². The van der Waals surface area contributed by atoms with Gasteiger partial charge in [-0.1, -0.05) is 54.6 Å². The molecule has 1 aliphatic carbocycles. The monoisotopic (exact) mass is 259 g/mol. The van der Waals surface area contributed by atoms with E-state index in [1.807, 2.05) is 0 Å². The predicted octanol–water partition coefficient (Wildman–Crippen LogP) is 3.37. The van der Waals surface area contributed by atoms with Gasteiger partial charge in [0.15, 0.2) is 0 Å². The third-order valence-corrected chi connectivity index (χ3v) is 3.49. The molecule has 0 saturated carbocycles. The summed E-state index contributed by atoms with van der Waals surface area (Å²) in [5.74, 6) is 0. The molecular weight excluding hydrogens is 242 g/mol. The lowest BCUT2D eigenvalue weighted by molar-refractivity contribution is 0.533. The van der Waals surface area contributed by atoms with Crippen molar-refractivity contribution in [3.63, 3.8) is 0 Å².